The van der Waals surface area contributed by atoms with Gasteiger partial charge >= 0.3 is 5.69 Å². The molecule has 1 N–H and O–H groups in total. The summed E-state index contributed by atoms with van der Waals surface area (Å²) in [6.07, 6.45) is 8.41. The first-order chi connectivity index (χ1) is 14.7. The van der Waals surface area contributed by atoms with Gasteiger partial charge in [-0.2, -0.15) is 5.10 Å². The Kier molecular flexibility index (Phi) is 8.74. The van der Waals surface area contributed by atoms with Gasteiger partial charge in [-0.3, -0.25) is 9.56 Å². The van der Waals surface area contributed by atoms with Crippen LogP contribution in [0, 0.1) is 0 Å². The van der Waals surface area contributed by atoms with Crippen molar-refractivity contribution in [1.29, 1.82) is 0 Å². The van der Waals surface area contributed by atoms with Crippen molar-refractivity contribution in [3.63, 3.8) is 0 Å². The van der Waals surface area contributed by atoms with Crippen molar-refractivity contribution in [2.45, 2.75) is 51.6 Å². The molecule has 8 heteroatoms. The Bertz CT molecular complexity index is 952. The number of piperidine rings is 1. The zero-order chi connectivity index (χ0) is 20.8. The van der Waals surface area contributed by atoms with Crippen LogP contribution in [-0.4, -0.2) is 51.9 Å². The molecule has 0 spiro atoms. The van der Waals surface area contributed by atoms with Crippen LogP contribution in [0.2, 0.25) is 0 Å². The second-order valence-corrected chi connectivity index (χ2v) is 8.06. The lowest BCUT2D eigenvalue weighted by molar-refractivity contribution is 0.374. The average Bonchev–Trinajstić information content (AvgIpc) is 3.11. The third kappa shape index (κ3) is 5.99. The lowest BCUT2D eigenvalue weighted by Crippen LogP contribution is -2.44. The first-order valence-electron chi connectivity index (χ1n) is 11.1. The van der Waals surface area contributed by atoms with Gasteiger partial charge in [0, 0.05) is 46.2 Å². The maximum Gasteiger partial charge on any atom is 0.345 e. The molecule has 1 aromatic heterocycles. The largest absolute Gasteiger partial charge is 0.356 e. The molecule has 7 nitrogen and oxygen atoms in total. The monoisotopic (exact) mass is 536 g/mol. The molecule has 3 heterocycles. The Morgan fingerprint density at radius 3 is 2.61 bits per heavy atom. The van der Waals surface area contributed by atoms with Crippen molar-refractivity contribution in [3.8, 4) is 0 Å². The van der Waals surface area contributed by atoms with Gasteiger partial charge in [0.1, 0.15) is 5.82 Å². The first kappa shape index (κ1) is 23.6. The minimum absolute atomic E-state index is 0. The van der Waals surface area contributed by atoms with Crippen molar-refractivity contribution < 1.29 is 0 Å². The molecule has 0 saturated carbocycles. The number of rotatable bonds is 5. The molecule has 2 aliphatic heterocycles. The number of halogens is 1. The molecule has 0 atom stereocenters. The highest BCUT2D eigenvalue weighted by molar-refractivity contribution is 14.0. The molecule has 4 rings (SSSR count). The highest BCUT2D eigenvalue weighted by Crippen LogP contribution is 2.19. The fraction of sp³-hybridized carbons (Fsp3) is 0.522. The molecule has 31 heavy (non-hydrogen) atoms. The van der Waals surface area contributed by atoms with E-state index >= 15 is 0 Å². The summed E-state index contributed by atoms with van der Waals surface area (Å²) in [7, 11) is 1.84. The number of aromatic nitrogens is 3. The van der Waals surface area contributed by atoms with Crippen molar-refractivity contribution in [2.75, 3.05) is 26.7 Å². The van der Waals surface area contributed by atoms with Gasteiger partial charge in [-0.25, -0.2) is 9.48 Å². The summed E-state index contributed by atoms with van der Waals surface area (Å²) in [5.41, 5.74) is 2.82. The lowest BCUT2D eigenvalue weighted by Gasteiger charge is -2.31. The van der Waals surface area contributed by atoms with Gasteiger partial charge in [0.2, 0.25) is 0 Å². The van der Waals surface area contributed by atoms with Crippen molar-refractivity contribution in [3.05, 3.63) is 57.8 Å². The van der Waals surface area contributed by atoms with E-state index in [2.05, 4.69) is 56.7 Å². The van der Waals surface area contributed by atoms with Crippen LogP contribution < -0.4 is 11.0 Å². The molecule has 0 amide bonds. The topological polar surface area (TPSA) is 67.5 Å². The summed E-state index contributed by atoms with van der Waals surface area (Å²) in [6.45, 7) is 4.20. The van der Waals surface area contributed by atoms with Crippen LogP contribution in [0.4, 0.5) is 0 Å². The molecule has 1 saturated heterocycles. The highest BCUT2D eigenvalue weighted by atomic mass is 127. The number of benzene rings is 1. The summed E-state index contributed by atoms with van der Waals surface area (Å²) in [6, 6.07) is 10.5. The van der Waals surface area contributed by atoms with Gasteiger partial charge in [-0.15, -0.1) is 24.0 Å². The third-order valence-corrected chi connectivity index (χ3v) is 5.95. The van der Waals surface area contributed by atoms with Gasteiger partial charge in [0.15, 0.2) is 5.96 Å². The summed E-state index contributed by atoms with van der Waals surface area (Å²) >= 11 is 0. The van der Waals surface area contributed by atoms with Gasteiger partial charge in [-0.05, 0) is 37.7 Å². The normalized spacial score (nSPS) is 16.5. The number of guanidine groups is 1. The van der Waals surface area contributed by atoms with Crippen molar-refractivity contribution in [1.82, 2.24) is 24.6 Å². The zero-order valence-electron chi connectivity index (χ0n) is 18.3. The maximum atomic E-state index is 12.4. The quantitative estimate of drug-likeness (QED) is 0.276. The molecule has 1 aromatic carbocycles. The van der Waals surface area contributed by atoms with Gasteiger partial charge < -0.3 is 10.2 Å². The molecular weight excluding hydrogens is 503 g/mol. The molecular formula is C23H33IN6O. The van der Waals surface area contributed by atoms with Gasteiger partial charge in [-0.1, -0.05) is 42.0 Å². The minimum atomic E-state index is 0. The predicted octanol–water partition coefficient (Wildman–Crippen LogP) is 3.14. The molecule has 2 aliphatic rings. The number of fused-ring (bicyclic) bond motifs is 1. The highest BCUT2D eigenvalue weighted by Gasteiger charge is 2.18. The van der Waals surface area contributed by atoms with Crippen molar-refractivity contribution in [2.24, 2.45) is 4.99 Å². The van der Waals surface area contributed by atoms with E-state index in [1.807, 2.05) is 11.6 Å². The zero-order valence-corrected chi connectivity index (χ0v) is 20.6. The predicted molar refractivity (Wildman–Crippen MR) is 136 cm³/mol. The summed E-state index contributed by atoms with van der Waals surface area (Å²) < 4.78 is 3.47. The number of aryl methyl sites for hydroxylation is 2. The van der Waals surface area contributed by atoms with Crippen LogP contribution in [0.3, 0.4) is 0 Å². The fourth-order valence-electron chi connectivity index (χ4n) is 4.29. The van der Waals surface area contributed by atoms with Crippen LogP contribution in [0.5, 0.6) is 0 Å². The van der Waals surface area contributed by atoms with E-state index in [9.17, 15) is 4.79 Å². The number of nitrogens with zero attached hydrogens (tertiary/aromatic N) is 5. The molecule has 0 aliphatic carbocycles. The summed E-state index contributed by atoms with van der Waals surface area (Å²) in [4.78, 5) is 19.2. The second-order valence-electron chi connectivity index (χ2n) is 8.06. The number of hydrogen-bond acceptors (Lipinski definition) is 3. The van der Waals surface area contributed by atoms with Crippen LogP contribution in [0.1, 0.15) is 43.5 Å². The van der Waals surface area contributed by atoms with E-state index < -0.39 is 0 Å². The Balaban J connectivity index is 0.00000272. The number of nitrogens with one attached hydrogen (secondary N) is 1. The average molecular weight is 536 g/mol. The third-order valence-electron chi connectivity index (χ3n) is 5.95. The van der Waals surface area contributed by atoms with E-state index in [1.54, 1.807) is 4.68 Å². The van der Waals surface area contributed by atoms with E-state index in [4.69, 9.17) is 0 Å². The summed E-state index contributed by atoms with van der Waals surface area (Å²) in [5.74, 6) is 1.90. The van der Waals surface area contributed by atoms with Crippen LogP contribution in [0.15, 0.2) is 45.7 Å². The van der Waals surface area contributed by atoms with Crippen LogP contribution >= 0.6 is 24.0 Å². The summed E-state index contributed by atoms with van der Waals surface area (Å²) in [5, 5.41) is 7.97. The number of likely N-dealkylation sites (tertiary alicyclic amines) is 1. The molecule has 0 unspecified atom stereocenters. The minimum Gasteiger partial charge on any atom is -0.356 e. The molecule has 1 fully saturated rings. The lowest BCUT2D eigenvalue weighted by atomic mass is 10.0. The maximum absolute atomic E-state index is 12.4. The Morgan fingerprint density at radius 2 is 1.90 bits per heavy atom. The Morgan fingerprint density at radius 1 is 1.13 bits per heavy atom. The van der Waals surface area contributed by atoms with E-state index in [-0.39, 0.29) is 29.7 Å². The van der Waals surface area contributed by atoms with Crippen LogP contribution in [0.25, 0.3) is 6.08 Å². The number of hydrogen-bond donors (Lipinski definition) is 1. The van der Waals surface area contributed by atoms with Crippen LogP contribution in [-0.2, 0) is 19.5 Å². The van der Waals surface area contributed by atoms with Crippen molar-refractivity contribution >= 4 is 36.0 Å². The standard InChI is InChI=1S/C23H32N6O.HI/c1-24-22(27-16-11-20(12-17-27)18-19-8-3-2-4-9-19)25-13-7-15-29-23(30)28-14-6-5-10-21(28)26-29;/h2-4,8-9,18H,5-7,10-17H2,1H3,(H,24,25);1H. The Labute approximate surface area is 201 Å². The fourth-order valence-corrected chi connectivity index (χ4v) is 4.29. The Hall–Kier alpha value is -2.10. The molecule has 0 bridgehead atoms. The van der Waals surface area contributed by atoms with E-state index in [1.165, 1.54) is 11.1 Å². The van der Waals surface area contributed by atoms with E-state index in [0.29, 0.717) is 6.54 Å². The SMILES string of the molecule is CN=C(NCCCn1nc2n(c1=O)CCCC2)N1CCC(=Cc2ccccc2)CC1.I. The van der Waals surface area contributed by atoms with Gasteiger partial charge in [0.25, 0.3) is 0 Å². The first-order valence-corrected chi connectivity index (χ1v) is 11.1. The molecule has 0 radical (unpaired) electrons. The molecule has 2 aromatic rings. The van der Waals surface area contributed by atoms with Gasteiger partial charge in [0.05, 0.1) is 0 Å². The molecule has 168 valence electrons. The van der Waals surface area contributed by atoms with E-state index in [0.717, 1.165) is 76.5 Å². The second kappa shape index (κ2) is 11.5. The number of aliphatic imine (C=N–C) groups is 1. The smallest absolute Gasteiger partial charge is 0.345 e.